The van der Waals surface area contributed by atoms with E-state index >= 15 is 0 Å². The lowest BCUT2D eigenvalue weighted by Crippen LogP contribution is -2.52. The van der Waals surface area contributed by atoms with Gasteiger partial charge in [0.05, 0.1) is 13.2 Å². The minimum atomic E-state index is -1.02. The van der Waals surface area contributed by atoms with Gasteiger partial charge < -0.3 is 34.2 Å². The van der Waals surface area contributed by atoms with Gasteiger partial charge in [-0.15, -0.1) is 0 Å². The van der Waals surface area contributed by atoms with Crippen molar-refractivity contribution in [1.82, 2.24) is 19.6 Å². The number of hydrogen-bond acceptors (Lipinski definition) is 9. The molecule has 1 atom stereocenters. The van der Waals surface area contributed by atoms with Crippen LogP contribution in [-0.2, 0) is 36.7 Å². The summed E-state index contributed by atoms with van der Waals surface area (Å²) in [6.45, 7) is 11.0. The number of nitrogens with zero attached hydrogens (tertiary/aromatic N) is 4. The number of fused-ring (bicyclic) bond motifs is 1. The Morgan fingerprint density at radius 2 is 1.49 bits per heavy atom. The smallest absolute Gasteiger partial charge is 0.410 e. The molecule has 4 amide bonds. The first-order chi connectivity index (χ1) is 26.1. The summed E-state index contributed by atoms with van der Waals surface area (Å²) in [4.78, 5) is 71.7. The second kappa shape index (κ2) is 19.3. The van der Waals surface area contributed by atoms with E-state index in [1.807, 2.05) is 67.0 Å². The molecule has 3 saturated heterocycles. The molecular weight excluding hydrogens is 702 g/mol. The fourth-order valence-corrected chi connectivity index (χ4v) is 8.85. The summed E-state index contributed by atoms with van der Waals surface area (Å²) in [5.74, 6) is 1.15. The number of rotatable bonds is 11. The van der Waals surface area contributed by atoms with Gasteiger partial charge >= 0.3 is 18.1 Å². The minimum absolute atomic E-state index is 0. The van der Waals surface area contributed by atoms with E-state index in [2.05, 4.69) is 10.2 Å². The molecule has 0 radical (unpaired) electrons. The second-order valence-corrected chi connectivity index (χ2v) is 15.2. The van der Waals surface area contributed by atoms with Crippen molar-refractivity contribution in [1.29, 1.82) is 0 Å². The van der Waals surface area contributed by atoms with Gasteiger partial charge in [0, 0.05) is 50.9 Å². The van der Waals surface area contributed by atoms with Crippen LogP contribution in [-0.4, -0.2) is 121 Å². The van der Waals surface area contributed by atoms with Crippen LogP contribution in [0.15, 0.2) is 36.4 Å². The van der Waals surface area contributed by atoms with Crippen molar-refractivity contribution in [3.63, 3.8) is 0 Å². The number of carbonyl (C=O) groups excluding carboxylic acids is 5. The van der Waals surface area contributed by atoms with Gasteiger partial charge in [-0.1, -0.05) is 37.8 Å². The van der Waals surface area contributed by atoms with Crippen molar-refractivity contribution >= 4 is 36.2 Å². The first kappa shape index (κ1) is 41.5. The molecule has 2 aromatic carbocycles. The zero-order chi connectivity index (χ0) is 38.2. The molecule has 0 unspecified atom stereocenters. The Hall–Kier alpha value is -4.65. The predicted octanol–water partition coefficient (Wildman–Crippen LogP) is 5.59. The molecule has 0 aliphatic carbocycles. The first-order valence-electron chi connectivity index (χ1n) is 19.6. The minimum Gasteiger partial charge on any atom is -0.465 e. The van der Waals surface area contributed by atoms with Crippen molar-refractivity contribution in [3.8, 4) is 5.75 Å². The number of likely N-dealkylation sites (tertiary alicyclic amines) is 3. The van der Waals surface area contributed by atoms with Crippen molar-refractivity contribution in [2.45, 2.75) is 91.7 Å². The van der Waals surface area contributed by atoms with Crippen molar-refractivity contribution < 1.29 is 38.2 Å². The van der Waals surface area contributed by atoms with Crippen LogP contribution in [0, 0.1) is 25.7 Å². The normalized spacial score (nSPS) is 19.3. The maximum atomic E-state index is 14.2. The molecular formula is C42H59N5O8. The molecule has 55 heavy (non-hydrogen) atoms. The third-order valence-electron chi connectivity index (χ3n) is 11.7. The number of urea groups is 1. The number of nitrogens with one attached hydrogen (secondary N) is 1. The van der Waals surface area contributed by atoms with Crippen LogP contribution in [0.3, 0.4) is 0 Å². The predicted molar refractivity (Wildman–Crippen MR) is 209 cm³/mol. The van der Waals surface area contributed by atoms with E-state index in [1.165, 1.54) is 0 Å². The molecule has 13 nitrogen and oxygen atoms in total. The Kier molecular flexibility index (Phi) is 14.6. The molecule has 4 aliphatic rings. The molecule has 0 spiro atoms. The summed E-state index contributed by atoms with van der Waals surface area (Å²) in [7, 11) is 0. The molecule has 3 fully saturated rings. The topological polar surface area (TPSA) is 138 Å². The molecule has 13 heteroatoms. The molecule has 300 valence electrons. The highest BCUT2D eigenvalue weighted by molar-refractivity contribution is 5.91. The third kappa shape index (κ3) is 10.4. The van der Waals surface area contributed by atoms with E-state index in [4.69, 9.17) is 14.2 Å². The Balaban J connectivity index is 0.00000580. The van der Waals surface area contributed by atoms with E-state index < -0.39 is 12.2 Å². The fourth-order valence-electron chi connectivity index (χ4n) is 8.85. The van der Waals surface area contributed by atoms with Crippen LogP contribution in [0.25, 0.3) is 0 Å². The number of hydrogen-bond donors (Lipinski definition) is 1. The van der Waals surface area contributed by atoms with Gasteiger partial charge in [-0.05, 0) is 119 Å². The Bertz CT molecular complexity index is 1640. The van der Waals surface area contributed by atoms with Gasteiger partial charge in [-0.3, -0.25) is 19.3 Å². The highest BCUT2D eigenvalue weighted by atomic mass is 16.6. The van der Waals surface area contributed by atoms with Gasteiger partial charge in [0.2, 0.25) is 0 Å². The zero-order valence-corrected chi connectivity index (χ0v) is 31.9. The molecule has 4 heterocycles. The number of benzene rings is 2. The van der Waals surface area contributed by atoms with Crippen molar-refractivity contribution in [2.24, 2.45) is 11.8 Å². The van der Waals surface area contributed by atoms with E-state index in [0.717, 1.165) is 73.1 Å². The molecule has 0 aromatic heterocycles. The van der Waals surface area contributed by atoms with Crippen LogP contribution in [0.5, 0.6) is 5.75 Å². The molecule has 1 N–H and O–H groups in total. The first-order valence-corrected chi connectivity index (χ1v) is 19.6. The average Bonchev–Trinajstić information content (AvgIpc) is 3.34. The van der Waals surface area contributed by atoms with Crippen LogP contribution in [0.4, 0.5) is 15.3 Å². The maximum absolute atomic E-state index is 14.2. The van der Waals surface area contributed by atoms with Gasteiger partial charge in [0.25, 0.3) is 12.4 Å². The molecule has 0 saturated carbocycles. The van der Waals surface area contributed by atoms with Crippen LogP contribution in [0.2, 0.25) is 0 Å². The Morgan fingerprint density at radius 1 is 0.873 bits per heavy atom. The highest BCUT2D eigenvalue weighted by Crippen LogP contribution is 2.33. The molecule has 2 aromatic rings. The van der Waals surface area contributed by atoms with Gasteiger partial charge in [0.1, 0.15) is 5.75 Å². The van der Waals surface area contributed by atoms with E-state index in [0.29, 0.717) is 82.8 Å². The third-order valence-corrected chi connectivity index (χ3v) is 11.7. The average molecular weight is 762 g/mol. The fraction of sp³-hybridized carbons (Fsp3) is 0.595. The number of carbonyl (C=O) groups is 5. The molecule has 4 aliphatic heterocycles. The van der Waals surface area contributed by atoms with Crippen LogP contribution < -0.4 is 10.1 Å². The summed E-state index contributed by atoms with van der Waals surface area (Å²) < 4.78 is 16.4. The summed E-state index contributed by atoms with van der Waals surface area (Å²) in [5.41, 5.74) is 4.28. The molecule has 0 bridgehead atoms. The maximum Gasteiger partial charge on any atom is 0.410 e. The highest BCUT2D eigenvalue weighted by Gasteiger charge is 2.37. The summed E-state index contributed by atoms with van der Waals surface area (Å²) in [6, 6.07) is 11.5. The number of piperidine rings is 3. The summed E-state index contributed by atoms with van der Waals surface area (Å²) in [6.07, 6.45) is 4.44. The van der Waals surface area contributed by atoms with E-state index in [9.17, 15) is 24.0 Å². The number of ether oxygens (including phenoxy) is 3. The Labute approximate surface area is 325 Å². The van der Waals surface area contributed by atoms with Gasteiger partial charge in [0.15, 0.2) is 6.10 Å². The number of para-hydroxylation sites is 1. The largest absolute Gasteiger partial charge is 0.465 e. The summed E-state index contributed by atoms with van der Waals surface area (Å²) in [5, 5.41) is 3.05. The van der Waals surface area contributed by atoms with E-state index in [1.54, 1.807) is 4.90 Å². The number of esters is 1. The lowest BCUT2D eigenvalue weighted by molar-refractivity contribution is -0.144. The number of aryl methyl sites for hydroxylation is 2. The lowest BCUT2D eigenvalue weighted by Gasteiger charge is -2.41. The standard InChI is InChI=1S/C41H55N5O8.CH4/c1-4-52-37(48)26-43-16-9-31(10-17-43)32-11-18-44(19-12-32)39(49)36(25-30-23-28(2)38(53-27-47)29(3)24-30)54-41(51)45-20-14-34(15-21-45)46-22-13-33-7-5-6-8-35(33)42-40(46)50;/h5-8,23-24,27,31-32,34,36H,4,9-22,25-26H2,1-3H3,(H,42,50);1H4/t36-;/m1./s1. The SMILES string of the molecule is C.CCOC(=O)CN1CCC(C2CCN(C(=O)[C@@H](Cc3cc(C)c(OC=O)c(C)c3)OC(=O)N3CCC(N4CCc5ccccc5NC4=O)CC3)CC2)CC1. The van der Waals surface area contributed by atoms with Crippen LogP contribution >= 0.6 is 0 Å². The Morgan fingerprint density at radius 3 is 2.13 bits per heavy atom. The number of amides is 4. The van der Waals surface area contributed by atoms with Gasteiger partial charge in [-0.25, -0.2) is 9.59 Å². The second-order valence-electron chi connectivity index (χ2n) is 15.2. The monoisotopic (exact) mass is 761 g/mol. The van der Waals surface area contributed by atoms with Crippen molar-refractivity contribution in [2.75, 3.05) is 64.3 Å². The quantitative estimate of drug-likeness (QED) is 0.230. The molecule has 6 rings (SSSR count). The zero-order valence-electron chi connectivity index (χ0n) is 31.9. The van der Waals surface area contributed by atoms with Crippen LogP contribution in [0.1, 0.15) is 75.1 Å². The lowest BCUT2D eigenvalue weighted by atomic mass is 9.78. The number of anilines is 1. The van der Waals surface area contributed by atoms with Gasteiger partial charge in [-0.2, -0.15) is 0 Å². The van der Waals surface area contributed by atoms with Crippen molar-refractivity contribution in [3.05, 3.63) is 58.7 Å². The van der Waals surface area contributed by atoms with E-state index in [-0.39, 0.29) is 37.8 Å². The summed E-state index contributed by atoms with van der Waals surface area (Å²) >= 11 is 0.